The lowest BCUT2D eigenvalue weighted by atomic mass is 10.0. The Balaban J connectivity index is 2.02. The first-order chi connectivity index (χ1) is 15.7. The molecule has 2 aromatic carbocycles. The van der Waals surface area contributed by atoms with E-state index in [4.69, 9.17) is 15.1 Å². The van der Waals surface area contributed by atoms with Gasteiger partial charge in [0, 0.05) is 6.54 Å². The molecular formula is C21H21F2N3O7. The summed E-state index contributed by atoms with van der Waals surface area (Å²) in [5.41, 5.74) is 2.63. The highest BCUT2D eigenvalue weighted by atomic mass is 19.3. The third kappa shape index (κ3) is 5.29. The van der Waals surface area contributed by atoms with Crippen LogP contribution in [0, 0.1) is 0 Å². The predicted octanol–water partition coefficient (Wildman–Crippen LogP) is 3.37. The summed E-state index contributed by atoms with van der Waals surface area (Å²) in [7, 11) is 0. The van der Waals surface area contributed by atoms with Crippen LogP contribution in [-0.4, -0.2) is 46.3 Å². The lowest BCUT2D eigenvalue weighted by Crippen LogP contribution is -2.33. The highest BCUT2D eigenvalue weighted by Gasteiger charge is 2.37. The van der Waals surface area contributed by atoms with Gasteiger partial charge in [0.15, 0.2) is 11.5 Å². The maximum atomic E-state index is 13.3. The first-order valence-electron chi connectivity index (χ1n) is 9.82. The third-order valence-corrected chi connectivity index (χ3v) is 4.96. The maximum absolute atomic E-state index is 13.3. The summed E-state index contributed by atoms with van der Waals surface area (Å²) in [4.78, 5) is 37.7. The summed E-state index contributed by atoms with van der Waals surface area (Å²) in [6.45, 7) is -1.25. The number of amides is 3. The van der Waals surface area contributed by atoms with E-state index in [-0.39, 0.29) is 42.3 Å². The van der Waals surface area contributed by atoms with E-state index in [1.807, 2.05) is 0 Å². The summed E-state index contributed by atoms with van der Waals surface area (Å²) in [5.74, 6) is -1.57. The van der Waals surface area contributed by atoms with Crippen LogP contribution in [0.25, 0.3) is 0 Å². The van der Waals surface area contributed by atoms with Gasteiger partial charge in [0.25, 0.3) is 5.91 Å². The zero-order chi connectivity index (χ0) is 24.1. The maximum Gasteiger partial charge on any atom is 0.409 e. The summed E-state index contributed by atoms with van der Waals surface area (Å²) in [5, 5.41) is 20.3. The molecule has 0 aromatic heterocycles. The van der Waals surface area contributed by atoms with Crippen LogP contribution < -0.4 is 20.3 Å². The molecule has 3 amide bonds. The van der Waals surface area contributed by atoms with Crippen molar-refractivity contribution in [3.8, 4) is 11.5 Å². The largest absolute Gasteiger partial charge is 0.490 e. The van der Waals surface area contributed by atoms with Crippen molar-refractivity contribution in [1.29, 1.82) is 0 Å². The molecule has 0 saturated heterocycles. The Labute approximate surface area is 186 Å². The molecule has 1 unspecified atom stereocenters. The quantitative estimate of drug-likeness (QED) is 0.329. The van der Waals surface area contributed by atoms with E-state index in [0.717, 1.165) is 0 Å². The van der Waals surface area contributed by atoms with Crippen molar-refractivity contribution in [3.05, 3.63) is 53.1 Å². The molecule has 0 radical (unpaired) electrons. The van der Waals surface area contributed by atoms with Crippen LogP contribution in [0.3, 0.4) is 0 Å². The van der Waals surface area contributed by atoms with Crippen LogP contribution in [0.4, 0.5) is 19.3 Å². The molecule has 33 heavy (non-hydrogen) atoms. The number of hydroxylamine groups is 1. The predicted molar refractivity (Wildman–Crippen MR) is 109 cm³/mol. The fraction of sp³-hybridized carbons (Fsp3) is 0.286. The molecule has 1 aliphatic rings. The van der Waals surface area contributed by atoms with E-state index in [0.29, 0.717) is 11.1 Å². The third-order valence-electron chi connectivity index (χ3n) is 4.96. The van der Waals surface area contributed by atoms with E-state index in [1.165, 1.54) is 34.6 Å². The van der Waals surface area contributed by atoms with E-state index in [1.54, 1.807) is 19.1 Å². The van der Waals surface area contributed by atoms with Crippen LogP contribution in [0.15, 0.2) is 36.4 Å². The molecule has 4 N–H and O–H groups in total. The summed E-state index contributed by atoms with van der Waals surface area (Å²) < 4.78 is 35.3. The first kappa shape index (κ1) is 23.7. The van der Waals surface area contributed by atoms with Gasteiger partial charge in [-0.15, -0.1) is 0 Å². The Morgan fingerprint density at radius 1 is 1.21 bits per heavy atom. The Hall–Kier alpha value is -3.93. The molecule has 10 nitrogen and oxygen atoms in total. The SMILES string of the molecule is CCOc1cc(C(CC(=O)NO)N2Cc3cccc(NC(=O)O)c3C2=O)ccc1OC(F)F. The van der Waals surface area contributed by atoms with Gasteiger partial charge in [-0.25, -0.2) is 10.3 Å². The molecular weight excluding hydrogens is 444 g/mol. The van der Waals surface area contributed by atoms with Crippen molar-refractivity contribution in [2.24, 2.45) is 0 Å². The van der Waals surface area contributed by atoms with Crippen molar-refractivity contribution < 1.29 is 43.0 Å². The van der Waals surface area contributed by atoms with Crippen molar-refractivity contribution >= 4 is 23.6 Å². The van der Waals surface area contributed by atoms with Crippen LogP contribution in [-0.2, 0) is 11.3 Å². The molecule has 0 fully saturated rings. The lowest BCUT2D eigenvalue weighted by molar-refractivity contribution is -0.130. The number of nitrogens with one attached hydrogen (secondary N) is 2. The Morgan fingerprint density at radius 3 is 2.61 bits per heavy atom. The molecule has 1 heterocycles. The number of benzene rings is 2. The minimum absolute atomic E-state index is 0.0119. The number of halogens is 2. The van der Waals surface area contributed by atoms with Gasteiger partial charge in [-0.05, 0) is 36.2 Å². The standard InChI is InChI=1S/C21H21F2N3O7/c1-2-32-16-8-11(6-7-15(16)33-20(22)23)14(9-17(27)25-31)26-10-12-4-3-5-13(24-21(29)30)18(12)19(26)28/h3-8,14,20,24,31H,2,9-10H2,1H3,(H,25,27)(H,29,30). The molecule has 1 atom stereocenters. The number of nitrogens with zero attached hydrogens (tertiary/aromatic N) is 1. The summed E-state index contributed by atoms with van der Waals surface area (Å²) in [6.07, 6.45) is -1.71. The smallest absolute Gasteiger partial charge is 0.409 e. The number of ether oxygens (including phenoxy) is 2. The molecule has 0 aliphatic carbocycles. The Bertz CT molecular complexity index is 1060. The molecule has 0 bridgehead atoms. The number of hydrogen-bond donors (Lipinski definition) is 4. The number of hydrogen-bond acceptors (Lipinski definition) is 6. The van der Waals surface area contributed by atoms with Gasteiger partial charge in [0.2, 0.25) is 5.91 Å². The highest BCUT2D eigenvalue weighted by molar-refractivity contribution is 6.06. The van der Waals surface area contributed by atoms with Crippen molar-refractivity contribution in [3.63, 3.8) is 0 Å². The molecule has 0 saturated carbocycles. The molecule has 3 rings (SSSR count). The van der Waals surface area contributed by atoms with Gasteiger partial charge in [0.05, 0.1) is 30.3 Å². The number of anilines is 1. The monoisotopic (exact) mass is 465 g/mol. The fourth-order valence-corrected chi connectivity index (χ4v) is 3.68. The lowest BCUT2D eigenvalue weighted by Gasteiger charge is -2.28. The van der Waals surface area contributed by atoms with Crippen LogP contribution in [0.2, 0.25) is 0 Å². The normalized spacial score (nSPS) is 13.5. The highest BCUT2D eigenvalue weighted by Crippen LogP contribution is 2.39. The average Bonchev–Trinajstić information content (AvgIpc) is 3.10. The van der Waals surface area contributed by atoms with Gasteiger partial charge in [-0.3, -0.25) is 20.1 Å². The Morgan fingerprint density at radius 2 is 1.97 bits per heavy atom. The Kier molecular flexibility index (Phi) is 7.28. The van der Waals surface area contributed by atoms with Crippen molar-refractivity contribution in [1.82, 2.24) is 10.4 Å². The van der Waals surface area contributed by atoms with E-state index < -0.39 is 30.6 Å². The van der Waals surface area contributed by atoms with Gasteiger partial charge in [0.1, 0.15) is 0 Å². The van der Waals surface area contributed by atoms with E-state index in [9.17, 15) is 23.2 Å². The molecule has 176 valence electrons. The average molecular weight is 465 g/mol. The van der Waals surface area contributed by atoms with E-state index in [2.05, 4.69) is 10.1 Å². The molecule has 2 aromatic rings. The summed E-state index contributed by atoms with van der Waals surface area (Å²) in [6, 6.07) is 7.75. The molecule has 0 spiro atoms. The second-order valence-corrected chi connectivity index (χ2v) is 6.98. The van der Waals surface area contributed by atoms with Gasteiger partial charge >= 0.3 is 12.7 Å². The van der Waals surface area contributed by atoms with Gasteiger partial charge < -0.3 is 19.5 Å². The van der Waals surface area contributed by atoms with Crippen molar-refractivity contribution in [2.75, 3.05) is 11.9 Å². The first-order valence-corrected chi connectivity index (χ1v) is 9.82. The molecule has 1 aliphatic heterocycles. The fourth-order valence-electron chi connectivity index (χ4n) is 3.68. The summed E-state index contributed by atoms with van der Waals surface area (Å²) >= 11 is 0. The topological polar surface area (TPSA) is 137 Å². The minimum atomic E-state index is -3.08. The zero-order valence-corrected chi connectivity index (χ0v) is 17.4. The number of carbonyl (C=O) groups is 3. The number of alkyl halides is 2. The number of fused-ring (bicyclic) bond motifs is 1. The van der Waals surface area contributed by atoms with Crippen LogP contribution in [0.1, 0.15) is 40.9 Å². The molecule has 12 heteroatoms. The van der Waals surface area contributed by atoms with E-state index >= 15 is 0 Å². The number of carboxylic acid groups (broad SMARTS) is 1. The van der Waals surface area contributed by atoms with Crippen LogP contribution >= 0.6 is 0 Å². The minimum Gasteiger partial charge on any atom is -0.490 e. The van der Waals surface area contributed by atoms with Gasteiger partial charge in [-0.2, -0.15) is 8.78 Å². The second kappa shape index (κ2) is 10.1. The van der Waals surface area contributed by atoms with Gasteiger partial charge in [-0.1, -0.05) is 18.2 Å². The number of carbonyl (C=O) groups excluding carboxylic acids is 2. The zero-order valence-electron chi connectivity index (χ0n) is 17.4. The number of rotatable bonds is 9. The van der Waals surface area contributed by atoms with Crippen molar-refractivity contribution in [2.45, 2.75) is 32.5 Å². The van der Waals surface area contributed by atoms with Crippen LogP contribution in [0.5, 0.6) is 11.5 Å². The second-order valence-electron chi connectivity index (χ2n) is 6.98.